The normalized spacial score (nSPS) is 11.0. The van der Waals surface area contributed by atoms with Crippen LogP contribution in [0.3, 0.4) is 0 Å². The van der Waals surface area contributed by atoms with E-state index >= 15 is 0 Å². The molecule has 0 spiro atoms. The Hall–Kier alpha value is -1.45. The minimum absolute atomic E-state index is 0. The lowest BCUT2D eigenvalue weighted by atomic mass is 10.2. The van der Waals surface area contributed by atoms with Crippen LogP contribution in [0.15, 0.2) is 41.4 Å². The summed E-state index contributed by atoms with van der Waals surface area (Å²) < 4.78 is 1.80. The van der Waals surface area contributed by atoms with Gasteiger partial charge < -0.3 is 20.1 Å². The molecule has 0 atom stereocenters. The van der Waals surface area contributed by atoms with Crippen molar-refractivity contribution in [2.75, 3.05) is 20.1 Å². The van der Waals surface area contributed by atoms with E-state index in [2.05, 4.69) is 15.6 Å². The number of nitrogens with zero attached hydrogens (tertiary/aromatic N) is 3. The number of aliphatic imine (C=N–C) groups is 1. The number of carbonyl (C=O) groups is 1. The van der Waals surface area contributed by atoms with Gasteiger partial charge in [-0.2, -0.15) is 0 Å². The number of hydrogen-bond acceptors (Lipinski definition) is 2. The second-order valence-corrected chi connectivity index (χ2v) is 7.21. The first-order valence-electron chi connectivity index (χ1n) is 9.22. The molecule has 0 saturated carbocycles. The van der Waals surface area contributed by atoms with Crippen LogP contribution in [0.4, 0.5) is 0 Å². The summed E-state index contributed by atoms with van der Waals surface area (Å²) in [5.74, 6) is 0.725. The minimum atomic E-state index is 0. The molecule has 0 fully saturated rings. The zero-order chi connectivity index (χ0) is 20.5. The van der Waals surface area contributed by atoms with E-state index in [9.17, 15) is 4.79 Å². The molecule has 2 N–H and O–H groups in total. The van der Waals surface area contributed by atoms with Crippen LogP contribution in [-0.4, -0.2) is 41.5 Å². The molecule has 9 heteroatoms. The lowest BCUT2D eigenvalue weighted by molar-refractivity contribution is -0.130. The van der Waals surface area contributed by atoms with E-state index in [0.29, 0.717) is 42.2 Å². The molecular weight excluding hydrogens is 524 g/mol. The van der Waals surface area contributed by atoms with E-state index in [1.54, 1.807) is 15.5 Å². The van der Waals surface area contributed by atoms with E-state index in [4.69, 9.17) is 23.2 Å². The molecule has 29 heavy (non-hydrogen) atoms. The summed E-state index contributed by atoms with van der Waals surface area (Å²) in [7, 11) is 3.66. The maximum absolute atomic E-state index is 12.3. The third kappa shape index (κ3) is 8.06. The summed E-state index contributed by atoms with van der Waals surface area (Å²) in [4.78, 5) is 18.6. The molecule has 1 heterocycles. The zero-order valence-corrected chi connectivity index (χ0v) is 20.8. The van der Waals surface area contributed by atoms with Gasteiger partial charge in [0.05, 0.1) is 11.6 Å². The number of amides is 1. The first-order chi connectivity index (χ1) is 13.4. The first kappa shape index (κ1) is 25.6. The average Bonchev–Trinajstić information content (AvgIpc) is 2.93. The Kier molecular flexibility index (Phi) is 11.4. The average molecular weight is 552 g/mol. The third-order valence-electron chi connectivity index (χ3n) is 4.28. The maximum Gasteiger partial charge on any atom is 0.224 e. The molecule has 0 saturated heterocycles. The molecule has 6 nitrogen and oxygen atoms in total. The molecule has 0 unspecified atom stereocenters. The zero-order valence-electron chi connectivity index (χ0n) is 16.9. The molecule has 0 aliphatic rings. The monoisotopic (exact) mass is 551 g/mol. The fraction of sp³-hybridized carbons (Fsp3) is 0.400. The van der Waals surface area contributed by atoms with Crippen LogP contribution < -0.4 is 10.6 Å². The number of nitrogens with one attached hydrogen (secondary N) is 2. The van der Waals surface area contributed by atoms with Gasteiger partial charge in [0.25, 0.3) is 0 Å². The number of hydrogen-bond donors (Lipinski definition) is 2. The predicted octanol–water partition coefficient (Wildman–Crippen LogP) is 4.05. The van der Waals surface area contributed by atoms with Crippen molar-refractivity contribution < 1.29 is 4.79 Å². The Bertz CT molecular complexity index is 811. The number of carbonyl (C=O) groups excluding carboxylic acids is 1. The molecule has 0 bridgehead atoms. The largest absolute Gasteiger partial charge is 0.357 e. The highest BCUT2D eigenvalue weighted by Crippen LogP contribution is 2.25. The van der Waals surface area contributed by atoms with Crippen LogP contribution in [0.2, 0.25) is 10.2 Å². The first-order valence-corrected chi connectivity index (χ1v) is 9.97. The van der Waals surface area contributed by atoms with E-state index in [1.165, 1.54) is 0 Å². The van der Waals surface area contributed by atoms with Gasteiger partial charge in [-0.3, -0.25) is 4.79 Å². The van der Waals surface area contributed by atoms with Crippen molar-refractivity contribution in [2.24, 2.45) is 12.0 Å². The van der Waals surface area contributed by atoms with Crippen molar-refractivity contribution >= 4 is 59.0 Å². The molecular formula is C20H28Cl2IN5O. The highest BCUT2D eigenvalue weighted by molar-refractivity contribution is 14.0. The standard InChI is InChI=1S/C20H27Cl2N5O.HI/c1-4-23-20(25-13-16-12-17(21)19(22)27(16)3)24-11-10-18(28)26(2)14-15-8-6-5-7-9-15;/h5-9,12H,4,10-11,13-14H2,1-3H3,(H2,23,24,25);1H. The topological polar surface area (TPSA) is 61.7 Å². The van der Waals surface area contributed by atoms with Gasteiger partial charge in [0.1, 0.15) is 5.15 Å². The highest BCUT2D eigenvalue weighted by Gasteiger charge is 2.11. The molecule has 2 aromatic rings. The van der Waals surface area contributed by atoms with Crippen molar-refractivity contribution in [2.45, 2.75) is 26.4 Å². The Morgan fingerprint density at radius 3 is 2.48 bits per heavy atom. The van der Waals surface area contributed by atoms with Crippen LogP contribution in [0.1, 0.15) is 24.6 Å². The number of guanidine groups is 1. The van der Waals surface area contributed by atoms with E-state index < -0.39 is 0 Å². The summed E-state index contributed by atoms with van der Waals surface area (Å²) >= 11 is 12.1. The van der Waals surface area contributed by atoms with Gasteiger partial charge in [-0.15, -0.1) is 24.0 Å². The predicted molar refractivity (Wildman–Crippen MR) is 131 cm³/mol. The Balaban J connectivity index is 0.00000420. The van der Waals surface area contributed by atoms with E-state index in [0.717, 1.165) is 17.8 Å². The molecule has 160 valence electrons. The van der Waals surface area contributed by atoms with Crippen LogP contribution >= 0.6 is 47.2 Å². The van der Waals surface area contributed by atoms with Gasteiger partial charge in [0.15, 0.2) is 5.96 Å². The summed E-state index contributed by atoms with van der Waals surface area (Å²) in [6.07, 6.45) is 0.384. The number of rotatable bonds is 8. The summed E-state index contributed by atoms with van der Waals surface area (Å²) in [5, 5.41) is 7.38. The lowest BCUT2D eigenvalue weighted by Gasteiger charge is -2.18. The molecule has 0 aliphatic heterocycles. The van der Waals surface area contributed by atoms with Gasteiger partial charge in [0.2, 0.25) is 5.91 Å². The summed E-state index contributed by atoms with van der Waals surface area (Å²) in [6.45, 7) is 4.25. The Morgan fingerprint density at radius 2 is 1.90 bits per heavy atom. The molecule has 1 aromatic heterocycles. The molecule has 2 rings (SSSR count). The molecule has 1 aromatic carbocycles. The van der Waals surface area contributed by atoms with E-state index in [-0.39, 0.29) is 29.9 Å². The Morgan fingerprint density at radius 1 is 1.21 bits per heavy atom. The van der Waals surface area contributed by atoms with Crippen molar-refractivity contribution in [3.8, 4) is 0 Å². The van der Waals surface area contributed by atoms with Crippen molar-refractivity contribution in [1.82, 2.24) is 20.1 Å². The molecule has 1 amide bonds. The lowest BCUT2D eigenvalue weighted by Crippen LogP contribution is -2.39. The van der Waals surface area contributed by atoms with Gasteiger partial charge in [-0.25, -0.2) is 4.99 Å². The van der Waals surface area contributed by atoms with E-state index in [1.807, 2.05) is 51.4 Å². The van der Waals surface area contributed by atoms with Gasteiger partial charge >= 0.3 is 0 Å². The second-order valence-electron chi connectivity index (χ2n) is 6.44. The Labute approximate surface area is 199 Å². The van der Waals surface area contributed by atoms with Crippen molar-refractivity contribution in [1.29, 1.82) is 0 Å². The van der Waals surface area contributed by atoms with Crippen LogP contribution in [-0.2, 0) is 24.9 Å². The SMILES string of the molecule is CCNC(=NCc1cc(Cl)c(Cl)n1C)NCCC(=O)N(C)Cc1ccccc1.I. The van der Waals surface area contributed by atoms with Crippen molar-refractivity contribution in [3.63, 3.8) is 0 Å². The van der Waals surface area contributed by atoms with Crippen LogP contribution in [0, 0.1) is 0 Å². The van der Waals surface area contributed by atoms with Gasteiger partial charge in [0, 0.05) is 45.8 Å². The second kappa shape index (κ2) is 13.0. The fourth-order valence-electron chi connectivity index (χ4n) is 2.67. The number of benzene rings is 1. The number of halogens is 3. The van der Waals surface area contributed by atoms with Crippen molar-refractivity contribution in [3.05, 3.63) is 57.8 Å². The molecule has 0 radical (unpaired) electrons. The van der Waals surface area contributed by atoms with Gasteiger partial charge in [-0.1, -0.05) is 53.5 Å². The highest BCUT2D eigenvalue weighted by atomic mass is 127. The minimum Gasteiger partial charge on any atom is -0.357 e. The van der Waals surface area contributed by atoms with Crippen LogP contribution in [0.5, 0.6) is 0 Å². The maximum atomic E-state index is 12.3. The smallest absolute Gasteiger partial charge is 0.224 e. The third-order valence-corrected chi connectivity index (χ3v) is 5.12. The molecule has 0 aliphatic carbocycles. The van der Waals surface area contributed by atoms with Crippen LogP contribution in [0.25, 0.3) is 0 Å². The fourth-order valence-corrected chi connectivity index (χ4v) is 3.08. The quantitative estimate of drug-likeness (QED) is 0.295. The summed E-state index contributed by atoms with van der Waals surface area (Å²) in [6, 6.07) is 11.7. The summed E-state index contributed by atoms with van der Waals surface area (Å²) in [5.41, 5.74) is 2.02. The number of aromatic nitrogens is 1. The van der Waals surface area contributed by atoms with Gasteiger partial charge in [-0.05, 0) is 18.6 Å².